The molecular weight excluding hydrogens is 394 g/mol. The number of halogens is 1. The molecule has 0 radical (unpaired) electrons. The van der Waals surface area contributed by atoms with Crippen molar-refractivity contribution in [2.24, 2.45) is 0 Å². The molecule has 0 saturated carbocycles. The number of amides is 1. The average Bonchev–Trinajstić information content (AvgIpc) is 3.23. The highest BCUT2D eigenvalue weighted by Gasteiger charge is 2.33. The maximum absolute atomic E-state index is 13.3. The first-order chi connectivity index (χ1) is 14.0. The zero-order valence-electron chi connectivity index (χ0n) is 17.2. The molecule has 1 unspecified atom stereocenters. The molecule has 0 N–H and O–H groups in total. The first kappa shape index (κ1) is 21.1. The molecule has 156 valence electrons. The van der Waals surface area contributed by atoms with Crippen LogP contribution in [0.25, 0.3) is 0 Å². The van der Waals surface area contributed by atoms with Crippen LogP contribution in [-0.2, 0) is 0 Å². The van der Waals surface area contributed by atoms with E-state index in [4.69, 9.17) is 30.5 Å². The van der Waals surface area contributed by atoms with Crippen LogP contribution in [0.15, 0.2) is 30.3 Å². The van der Waals surface area contributed by atoms with Crippen molar-refractivity contribution in [2.45, 2.75) is 25.8 Å². The number of likely N-dealkylation sites (tertiary alicyclic amines) is 1. The van der Waals surface area contributed by atoms with Gasteiger partial charge >= 0.3 is 0 Å². The third-order valence-electron chi connectivity index (χ3n) is 5.08. The van der Waals surface area contributed by atoms with Crippen LogP contribution < -0.4 is 18.9 Å². The van der Waals surface area contributed by atoms with Gasteiger partial charge < -0.3 is 23.8 Å². The second-order valence-electron chi connectivity index (χ2n) is 6.69. The third kappa shape index (κ3) is 4.22. The summed E-state index contributed by atoms with van der Waals surface area (Å²) in [5.41, 5.74) is 1.43. The van der Waals surface area contributed by atoms with Crippen LogP contribution >= 0.6 is 11.6 Å². The zero-order valence-corrected chi connectivity index (χ0v) is 17.9. The van der Waals surface area contributed by atoms with Crippen molar-refractivity contribution in [3.8, 4) is 23.0 Å². The Morgan fingerprint density at radius 3 is 2.52 bits per heavy atom. The number of hydrogen-bond donors (Lipinski definition) is 0. The van der Waals surface area contributed by atoms with Gasteiger partial charge in [0.05, 0.1) is 39.0 Å². The lowest BCUT2D eigenvalue weighted by Crippen LogP contribution is -2.30. The van der Waals surface area contributed by atoms with Crippen LogP contribution in [0.2, 0.25) is 5.02 Å². The molecule has 1 aliphatic heterocycles. The summed E-state index contributed by atoms with van der Waals surface area (Å²) in [4.78, 5) is 15.2. The first-order valence-electron chi connectivity index (χ1n) is 9.57. The molecule has 1 aliphatic rings. The van der Waals surface area contributed by atoms with Gasteiger partial charge in [-0.25, -0.2) is 0 Å². The SMILES string of the molecule is CCOc1c(Cl)cc(C(=O)N2CCCC2c2ccc(OC)cc2OC)cc1OC. The quantitative estimate of drug-likeness (QED) is 0.648. The van der Waals surface area contributed by atoms with Gasteiger partial charge in [-0.05, 0) is 44.0 Å². The third-order valence-corrected chi connectivity index (χ3v) is 5.36. The standard InChI is InChI=1S/C22H26ClNO5/c1-5-29-21-17(23)11-14(12-20(21)28-4)22(25)24-10-6-7-18(24)16-9-8-15(26-2)13-19(16)27-3/h8-9,11-13,18H,5-7,10H2,1-4H3. The average molecular weight is 420 g/mol. The summed E-state index contributed by atoms with van der Waals surface area (Å²) < 4.78 is 21.8. The van der Waals surface area contributed by atoms with Gasteiger partial charge in [-0.3, -0.25) is 4.79 Å². The fourth-order valence-electron chi connectivity index (χ4n) is 3.72. The molecule has 1 atom stereocenters. The van der Waals surface area contributed by atoms with Gasteiger partial charge in [0.1, 0.15) is 11.5 Å². The number of carbonyl (C=O) groups is 1. The summed E-state index contributed by atoms with van der Waals surface area (Å²) in [7, 11) is 4.77. The number of ether oxygens (including phenoxy) is 4. The van der Waals surface area contributed by atoms with Crippen molar-refractivity contribution < 1.29 is 23.7 Å². The molecule has 0 aromatic heterocycles. The molecule has 2 aromatic carbocycles. The van der Waals surface area contributed by atoms with Crippen molar-refractivity contribution in [1.29, 1.82) is 0 Å². The predicted molar refractivity (Wildman–Crippen MR) is 112 cm³/mol. The Labute approximate surface area is 176 Å². The minimum atomic E-state index is -0.103. The van der Waals surface area contributed by atoms with Crippen LogP contribution in [0, 0.1) is 0 Å². The van der Waals surface area contributed by atoms with E-state index >= 15 is 0 Å². The Morgan fingerprint density at radius 2 is 1.86 bits per heavy atom. The van der Waals surface area contributed by atoms with Gasteiger partial charge in [0.2, 0.25) is 0 Å². The molecule has 0 bridgehead atoms. The monoisotopic (exact) mass is 419 g/mol. The number of nitrogens with zero attached hydrogens (tertiary/aromatic N) is 1. The maximum Gasteiger partial charge on any atom is 0.254 e. The number of benzene rings is 2. The highest BCUT2D eigenvalue weighted by atomic mass is 35.5. The second kappa shape index (κ2) is 9.27. The Bertz CT molecular complexity index is 886. The van der Waals surface area contributed by atoms with E-state index in [0.717, 1.165) is 18.4 Å². The van der Waals surface area contributed by atoms with E-state index in [1.807, 2.05) is 30.0 Å². The van der Waals surface area contributed by atoms with Gasteiger partial charge in [0.25, 0.3) is 5.91 Å². The number of methoxy groups -OCH3 is 3. The Kier molecular flexibility index (Phi) is 6.75. The molecule has 1 heterocycles. The van der Waals surface area contributed by atoms with E-state index in [0.29, 0.717) is 46.7 Å². The highest BCUT2D eigenvalue weighted by molar-refractivity contribution is 6.32. The number of carbonyl (C=O) groups excluding carboxylic acids is 1. The summed E-state index contributed by atoms with van der Waals surface area (Å²) in [6.45, 7) is 2.98. The van der Waals surface area contributed by atoms with E-state index in [-0.39, 0.29) is 11.9 Å². The van der Waals surface area contributed by atoms with Gasteiger partial charge in [-0.1, -0.05) is 11.6 Å². The smallest absolute Gasteiger partial charge is 0.254 e. The minimum absolute atomic E-state index is 0.0836. The summed E-state index contributed by atoms with van der Waals surface area (Å²) in [5.74, 6) is 2.21. The largest absolute Gasteiger partial charge is 0.497 e. The first-order valence-corrected chi connectivity index (χ1v) is 9.95. The normalized spacial score (nSPS) is 15.9. The van der Waals surface area contributed by atoms with E-state index in [9.17, 15) is 4.79 Å². The summed E-state index contributed by atoms with van der Waals surface area (Å²) in [6, 6.07) is 8.92. The second-order valence-corrected chi connectivity index (χ2v) is 7.09. The zero-order chi connectivity index (χ0) is 21.0. The van der Waals surface area contributed by atoms with E-state index in [2.05, 4.69) is 0 Å². The molecule has 1 fully saturated rings. The van der Waals surface area contributed by atoms with Crippen molar-refractivity contribution in [1.82, 2.24) is 4.90 Å². The lowest BCUT2D eigenvalue weighted by molar-refractivity contribution is 0.0733. The lowest BCUT2D eigenvalue weighted by atomic mass is 10.0. The highest BCUT2D eigenvalue weighted by Crippen LogP contribution is 2.41. The molecule has 6 nitrogen and oxygen atoms in total. The molecule has 1 amide bonds. The van der Waals surface area contributed by atoms with Crippen molar-refractivity contribution >= 4 is 17.5 Å². The topological polar surface area (TPSA) is 57.2 Å². The summed E-state index contributed by atoms with van der Waals surface area (Å²) in [5, 5.41) is 0.354. The fraction of sp³-hybridized carbons (Fsp3) is 0.409. The van der Waals surface area contributed by atoms with Gasteiger partial charge in [-0.15, -0.1) is 0 Å². The predicted octanol–water partition coefficient (Wildman–Crippen LogP) is 4.74. The molecule has 29 heavy (non-hydrogen) atoms. The lowest BCUT2D eigenvalue weighted by Gasteiger charge is -2.27. The molecule has 2 aromatic rings. The number of hydrogen-bond acceptors (Lipinski definition) is 5. The Hall–Kier alpha value is -2.60. The molecule has 0 aliphatic carbocycles. The Morgan fingerprint density at radius 1 is 1.10 bits per heavy atom. The van der Waals surface area contributed by atoms with Crippen LogP contribution in [0.5, 0.6) is 23.0 Å². The molecular formula is C22H26ClNO5. The van der Waals surface area contributed by atoms with Crippen molar-refractivity contribution in [2.75, 3.05) is 34.5 Å². The van der Waals surface area contributed by atoms with E-state index in [1.54, 1.807) is 26.4 Å². The van der Waals surface area contributed by atoms with Crippen molar-refractivity contribution in [3.05, 3.63) is 46.5 Å². The van der Waals surface area contributed by atoms with Crippen LogP contribution in [0.1, 0.15) is 41.7 Å². The molecule has 7 heteroatoms. The maximum atomic E-state index is 13.3. The van der Waals surface area contributed by atoms with Gasteiger partial charge in [0.15, 0.2) is 11.5 Å². The molecule has 1 saturated heterocycles. The van der Waals surface area contributed by atoms with E-state index < -0.39 is 0 Å². The summed E-state index contributed by atoms with van der Waals surface area (Å²) >= 11 is 6.37. The fourth-order valence-corrected chi connectivity index (χ4v) is 3.99. The van der Waals surface area contributed by atoms with Gasteiger partial charge in [-0.2, -0.15) is 0 Å². The molecule has 0 spiro atoms. The van der Waals surface area contributed by atoms with Crippen molar-refractivity contribution in [3.63, 3.8) is 0 Å². The Balaban J connectivity index is 1.94. The van der Waals surface area contributed by atoms with Crippen LogP contribution in [0.4, 0.5) is 0 Å². The summed E-state index contributed by atoms with van der Waals surface area (Å²) in [6.07, 6.45) is 1.77. The molecule has 3 rings (SSSR count). The van der Waals surface area contributed by atoms with Crippen LogP contribution in [0.3, 0.4) is 0 Å². The number of rotatable bonds is 7. The van der Waals surface area contributed by atoms with Crippen LogP contribution in [-0.4, -0.2) is 45.3 Å². The van der Waals surface area contributed by atoms with Gasteiger partial charge in [0, 0.05) is 23.7 Å². The minimum Gasteiger partial charge on any atom is -0.497 e. The van der Waals surface area contributed by atoms with E-state index in [1.165, 1.54) is 7.11 Å².